The number of carbonyl (C=O) groups is 1. The van der Waals surface area contributed by atoms with Gasteiger partial charge in [0.05, 0.1) is 11.4 Å². The number of pyridine rings is 1. The molecule has 1 aromatic carbocycles. The third kappa shape index (κ3) is 5.46. The van der Waals surface area contributed by atoms with Crippen LogP contribution >= 0.6 is 11.8 Å². The zero-order valence-corrected chi connectivity index (χ0v) is 14.5. The highest BCUT2D eigenvalue weighted by Gasteiger charge is 2.07. The van der Waals surface area contributed by atoms with E-state index in [-0.39, 0.29) is 5.91 Å². The summed E-state index contributed by atoms with van der Waals surface area (Å²) in [6.45, 7) is 0.596. The Labute approximate surface area is 150 Å². The van der Waals surface area contributed by atoms with Crippen molar-refractivity contribution in [3.63, 3.8) is 0 Å². The number of nitrogens with one attached hydrogen (secondary N) is 1. The fourth-order valence-corrected chi connectivity index (χ4v) is 2.99. The molecule has 0 radical (unpaired) electrons. The number of benzene rings is 1. The Hall–Kier alpha value is -2.60. The zero-order valence-electron chi connectivity index (χ0n) is 13.7. The number of rotatable bonds is 8. The van der Waals surface area contributed by atoms with Crippen molar-refractivity contribution in [2.45, 2.75) is 12.2 Å². The van der Waals surface area contributed by atoms with Crippen LogP contribution in [0.15, 0.2) is 65.4 Å². The molecule has 5 nitrogen and oxygen atoms in total. The van der Waals surface area contributed by atoms with Gasteiger partial charge in [-0.1, -0.05) is 24.3 Å². The average molecular weight is 353 g/mol. The molecule has 0 spiro atoms. The second-order valence-electron chi connectivity index (χ2n) is 5.42. The van der Waals surface area contributed by atoms with Crippen LogP contribution in [0.2, 0.25) is 0 Å². The van der Waals surface area contributed by atoms with Gasteiger partial charge in [0.1, 0.15) is 6.26 Å². The van der Waals surface area contributed by atoms with Crippen molar-refractivity contribution in [3.8, 4) is 11.5 Å². The average Bonchev–Trinajstić information content (AvgIpc) is 3.12. The summed E-state index contributed by atoms with van der Waals surface area (Å²) in [6.07, 6.45) is 4.14. The fraction of sp³-hybridized carbons (Fsp3) is 0.211. The van der Waals surface area contributed by atoms with E-state index in [1.807, 2.05) is 48.5 Å². The van der Waals surface area contributed by atoms with E-state index in [2.05, 4.69) is 15.3 Å². The summed E-state index contributed by atoms with van der Waals surface area (Å²) in [7, 11) is 0. The van der Waals surface area contributed by atoms with Gasteiger partial charge in [0.25, 0.3) is 0 Å². The van der Waals surface area contributed by atoms with Gasteiger partial charge in [-0.05, 0) is 24.3 Å². The lowest BCUT2D eigenvalue weighted by molar-refractivity contribution is -0.118. The monoisotopic (exact) mass is 353 g/mol. The number of nitrogens with zero attached hydrogens (tertiary/aromatic N) is 2. The first-order chi connectivity index (χ1) is 12.3. The van der Waals surface area contributed by atoms with Crippen LogP contribution in [0.5, 0.6) is 0 Å². The van der Waals surface area contributed by atoms with Gasteiger partial charge in [0.15, 0.2) is 0 Å². The van der Waals surface area contributed by atoms with E-state index in [9.17, 15) is 4.79 Å². The summed E-state index contributed by atoms with van der Waals surface area (Å²) in [5.74, 6) is 1.67. The standard InChI is InChI=1S/C19H19N3O2S/c23-18(21-11-9-16-8-4-5-10-20-16)14-25-13-17-12-24-19(22-17)15-6-2-1-3-7-15/h1-8,10,12H,9,11,13-14H2,(H,21,23). The third-order valence-electron chi connectivity index (χ3n) is 3.49. The molecular formula is C19H19N3O2S. The fourth-order valence-electron chi connectivity index (χ4n) is 2.26. The van der Waals surface area contributed by atoms with Gasteiger partial charge in [-0.15, -0.1) is 11.8 Å². The van der Waals surface area contributed by atoms with E-state index < -0.39 is 0 Å². The predicted molar refractivity (Wildman–Crippen MR) is 99.1 cm³/mol. The van der Waals surface area contributed by atoms with Crippen molar-refractivity contribution in [3.05, 3.63) is 72.4 Å². The predicted octanol–water partition coefficient (Wildman–Crippen LogP) is 3.33. The molecule has 3 rings (SSSR count). The zero-order chi connectivity index (χ0) is 17.3. The first-order valence-corrected chi connectivity index (χ1v) is 9.21. The Kier molecular flexibility index (Phi) is 6.23. The molecule has 0 atom stereocenters. The Bertz CT molecular complexity index is 791. The number of hydrogen-bond acceptors (Lipinski definition) is 5. The summed E-state index contributed by atoms with van der Waals surface area (Å²) in [5, 5.41) is 2.90. The number of thioether (sulfide) groups is 1. The first-order valence-electron chi connectivity index (χ1n) is 8.05. The van der Waals surface area contributed by atoms with Crippen molar-refractivity contribution in [1.29, 1.82) is 0 Å². The molecule has 25 heavy (non-hydrogen) atoms. The van der Waals surface area contributed by atoms with Crippen molar-refractivity contribution >= 4 is 17.7 Å². The summed E-state index contributed by atoms with van der Waals surface area (Å²) in [5.41, 5.74) is 2.77. The minimum atomic E-state index is 0.0210. The highest BCUT2D eigenvalue weighted by molar-refractivity contribution is 7.99. The highest BCUT2D eigenvalue weighted by atomic mass is 32.2. The quantitative estimate of drug-likeness (QED) is 0.673. The maximum absolute atomic E-state index is 11.9. The van der Waals surface area contributed by atoms with E-state index in [4.69, 9.17) is 4.42 Å². The smallest absolute Gasteiger partial charge is 0.230 e. The SMILES string of the molecule is O=C(CSCc1coc(-c2ccccc2)n1)NCCc1ccccn1. The lowest BCUT2D eigenvalue weighted by Crippen LogP contribution is -2.27. The maximum Gasteiger partial charge on any atom is 0.230 e. The van der Waals surface area contributed by atoms with E-state index in [1.54, 1.807) is 12.5 Å². The first kappa shape index (κ1) is 17.2. The highest BCUT2D eigenvalue weighted by Crippen LogP contribution is 2.20. The van der Waals surface area contributed by atoms with Crippen LogP contribution in [0.4, 0.5) is 0 Å². The van der Waals surface area contributed by atoms with Gasteiger partial charge >= 0.3 is 0 Å². The molecule has 0 fully saturated rings. The topological polar surface area (TPSA) is 68.0 Å². The Morgan fingerprint density at radius 2 is 1.92 bits per heavy atom. The minimum Gasteiger partial charge on any atom is -0.444 e. The Balaban J connectivity index is 1.36. The lowest BCUT2D eigenvalue weighted by Gasteiger charge is -2.04. The van der Waals surface area contributed by atoms with Crippen LogP contribution in [-0.2, 0) is 17.0 Å². The van der Waals surface area contributed by atoms with Crippen molar-refractivity contribution < 1.29 is 9.21 Å². The van der Waals surface area contributed by atoms with Crippen molar-refractivity contribution in [1.82, 2.24) is 15.3 Å². The van der Waals surface area contributed by atoms with Gasteiger partial charge in [0.2, 0.25) is 11.8 Å². The molecule has 0 aliphatic heterocycles. The van der Waals surface area contributed by atoms with Gasteiger partial charge in [-0.2, -0.15) is 0 Å². The number of oxazole rings is 1. The number of amides is 1. The minimum absolute atomic E-state index is 0.0210. The lowest BCUT2D eigenvalue weighted by atomic mass is 10.2. The summed E-state index contributed by atoms with van der Waals surface area (Å²) in [6, 6.07) is 15.5. The summed E-state index contributed by atoms with van der Waals surface area (Å²) in [4.78, 5) is 20.5. The number of hydrogen-bond donors (Lipinski definition) is 1. The molecule has 0 bridgehead atoms. The molecule has 0 saturated heterocycles. The molecule has 1 amide bonds. The third-order valence-corrected chi connectivity index (χ3v) is 4.45. The molecule has 3 aromatic rings. The van der Waals surface area contributed by atoms with Crippen LogP contribution in [0.3, 0.4) is 0 Å². The molecule has 128 valence electrons. The van der Waals surface area contributed by atoms with Crippen molar-refractivity contribution in [2.24, 2.45) is 0 Å². The van der Waals surface area contributed by atoms with E-state index in [0.29, 0.717) is 23.9 Å². The van der Waals surface area contributed by atoms with Crippen LogP contribution in [0.25, 0.3) is 11.5 Å². The largest absolute Gasteiger partial charge is 0.444 e. The normalized spacial score (nSPS) is 10.6. The van der Waals surface area contributed by atoms with Gasteiger partial charge in [-0.25, -0.2) is 4.98 Å². The van der Waals surface area contributed by atoms with E-state index >= 15 is 0 Å². The maximum atomic E-state index is 11.9. The van der Waals surface area contributed by atoms with Crippen molar-refractivity contribution in [2.75, 3.05) is 12.3 Å². The molecule has 2 aromatic heterocycles. The molecule has 6 heteroatoms. The van der Waals surface area contributed by atoms with E-state index in [0.717, 1.165) is 23.4 Å². The number of carbonyl (C=O) groups excluding carboxylic acids is 1. The molecule has 0 aliphatic carbocycles. The molecule has 0 aliphatic rings. The van der Waals surface area contributed by atoms with Crippen LogP contribution in [0, 0.1) is 0 Å². The van der Waals surface area contributed by atoms with Gasteiger partial charge in [-0.3, -0.25) is 9.78 Å². The second kappa shape index (κ2) is 9.03. The second-order valence-corrected chi connectivity index (χ2v) is 6.41. The number of aromatic nitrogens is 2. The van der Waals surface area contributed by atoms with Gasteiger partial charge in [0, 0.05) is 36.2 Å². The molecular weight excluding hydrogens is 334 g/mol. The Morgan fingerprint density at radius 3 is 2.72 bits per heavy atom. The molecule has 2 heterocycles. The summed E-state index contributed by atoms with van der Waals surface area (Å²) >= 11 is 1.52. The van der Waals surface area contributed by atoms with Crippen LogP contribution in [-0.4, -0.2) is 28.2 Å². The molecule has 1 N–H and O–H groups in total. The van der Waals surface area contributed by atoms with E-state index in [1.165, 1.54) is 11.8 Å². The van der Waals surface area contributed by atoms with Crippen LogP contribution < -0.4 is 5.32 Å². The van der Waals surface area contributed by atoms with Gasteiger partial charge < -0.3 is 9.73 Å². The Morgan fingerprint density at radius 1 is 1.08 bits per heavy atom. The molecule has 0 unspecified atom stereocenters. The molecule has 0 saturated carbocycles. The summed E-state index contributed by atoms with van der Waals surface area (Å²) < 4.78 is 5.49. The van der Waals surface area contributed by atoms with Crippen LogP contribution in [0.1, 0.15) is 11.4 Å².